The molecule has 1 aromatic carbocycles. The molecule has 1 aliphatic heterocycles. The normalized spacial score (nSPS) is 16.2. The molecule has 1 saturated heterocycles. The first kappa shape index (κ1) is 21.9. The SMILES string of the molecule is CCNC(=O)[C@@H]1CCCN(c2nc3ncn(CC(=O)Nc4cccc(C)c4)c(=O)c3s2)C1. The first-order valence-corrected chi connectivity index (χ1v) is 11.5. The highest BCUT2D eigenvalue weighted by Gasteiger charge is 2.27. The summed E-state index contributed by atoms with van der Waals surface area (Å²) in [5, 5.41) is 6.37. The number of hydrogen-bond donors (Lipinski definition) is 2. The molecule has 2 aromatic heterocycles. The zero-order valence-electron chi connectivity index (χ0n) is 18.1. The third kappa shape index (κ3) is 4.80. The molecule has 0 bridgehead atoms. The van der Waals surface area contributed by atoms with Crippen molar-refractivity contribution in [3.63, 3.8) is 0 Å². The maximum absolute atomic E-state index is 13.0. The summed E-state index contributed by atoms with van der Waals surface area (Å²) in [4.78, 5) is 48.5. The zero-order valence-corrected chi connectivity index (χ0v) is 18.9. The van der Waals surface area contributed by atoms with E-state index in [0.717, 1.165) is 24.9 Å². The second-order valence-electron chi connectivity index (χ2n) is 7.92. The minimum absolute atomic E-state index is 0.0541. The van der Waals surface area contributed by atoms with Gasteiger partial charge in [0, 0.05) is 25.3 Å². The maximum Gasteiger partial charge on any atom is 0.273 e. The monoisotopic (exact) mass is 454 g/mol. The van der Waals surface area contributed by atoms with Gasteiger partial charge in [-0.15, -0.1) is 0 Å². The highest BCUT2D eigenvalue weighted by Crippen LogP contribution is 2.29. The summed E-state index contributed by atoms with van der Waals surface area (Å²) in [6.45, 7) is 5.68. The predicted molar refractivity (Wildman–Crippen MR) is 125 cm³/mol. The van der Waals surface area contributed by atoms with Crippen molar-refractivity contribution in [3.05, 3.63) is 46.5 Å². The second-order valence-corrected chi connectivity index (χ2v) is 8.90. The Morgan fingerprint density at radius 3 is 2.94 bits per heavy atom. The molecule has 3 heterocycles. The van der Waals surface area contributed by atoms with Crippen LogP contribution in [0.25, 0.3) is 10.3 Å². The fourth-order valence-electron chi connectivity index (χ4n) is 3.84. The lowest BCUT2D eigenvalue weighted by Gasteiger charge is -2.31. The lowest BCUT2D eigenvalue weighted by Crippen LogP contribution is -2.43. The van der Waals surface area contributed by atoms with E-state index in [9.17, 15) is 14.4 Å². The van der Waals surface area contributed by atoms with Crippen LogP contribution in [0, 0.1) is 12.8 Å². The van der Waals surface area contributed by atoms with Gasteiger partial charge in [-0.2, -0.15) is 4.98 Å². The Bertz CT molecular complexity index is 1200. The van der Waals surface area contributed by atoms with Gasteiger partial charge in [0.15, 0.2) is 10.8 Å². The van der Waals surface area contributed by atoms with E-state index in [4.69, 9.17) is 0 Å². The fraction of sp³-hybridized carbons (Fsp3) is 0.409. The number of rotatable bonds is 6. The number of nitrogens with one attached hydrogen (secondary N) is 2. The molecular formula is C22H26N6O3S. The number of thiazole rings is 1. The molecule has 2 N–H and O–H groups in total. The largest absolute Gasteiger partial charge is 0.356 e. The van der Waals surface area contributed by atoms with Crippen LogP contribution in [0.4, 0.5) is 10.8 Å². The number of aryl methyl sites for hydroxylation is 1. The number of fused-ring (bicyclic) bond motifs is 1. The van der Waals surface area contributed by atoms with Gasteiger partial charge in [0.25, 0.3) is 5.56 Å². The minimum atomic E-state index is -0.301. The molecule has 9 nitrogen and oxygen atoms in total. The Morgan fingerprint density at radius 2 is 2.16 bits per heavy atom. The molecule has 3 aromatic rings. The van der Waals surface area contributed by atoms with Crippen molar-refractivity contribution < 1.29 is 9.59 Å². The molecule has 2 amide bonds. The molecule has 168 valence electrons. The van der Waals surface area contributed by atoms with Gasteiger partial charge in [-0.25, -0.2) is 4.98 Å². The summed E-state index contributed by atoms with van der Waals surface area (Å²) in [6, 6.07) is 7.47. The highest BCUT2D eigenvalue weighted by atomic mass is 32.1. The van der Waals surface area contributed by atoms with Crippen LogP contribution in [0.15, 0.2) is 35.4 Å². The first-order valence-electron chi connectivity index (χ1n) is 10.7. The van der Waals surface area contributed by atoms with E-state index in [-0.39, 0.29) is 29.8 Å². The lowest BCUT2D eigenvalue weighted by atomic mass is 9.97. The second kappa shape index (κ2) is 9.47. The minimum Gasteiger partial charge on any atom is -0.356 e. The van der Waals surface area contributed by atoms with Crippen molar-refractivity contribution in [2.24, 2.45) is 5.92 Å². The van der Waals surface area contributed by atoms with Gasteiger partial charge in [0.2, 0.25) is 11.8 Å². The molecule has 0 saturated carbocycles. The van der Waals surface area contributed by atoms with Crippen molar-refractivity contribution in [3.8, 4) is 0 Å². The summed E-state index contributed by atoms with van der Waals surface area (Å²) >= 11 is 1.26. The Morgan fingerprint density at radius 1 is 1.31 bits per heavy atom. The molecule has 0 aliphatic carbocycles. The van der Waals surface area contributed by atoms with Gasteiger partial charge in [0.05, 0.1) is 5.92 Å². The van der Waals surface area contributed by atoms with Crippen molar-refractivity contribution in [1.82, 2.24) is 19.9 Å². The quantitative estimate of drug-likeness (QED) is 0.591. The van der Waals surface area contributed by atoms with Crippen LogP contribution in [0.3, 0.4) is 0 Å². The summed E-state index contributed by atoms with van der Waals surface area (Å²) < 4.78 is 1.70. The topological polar surface area (TPSA) is 109 Å². The number of piperidine rings is 1. The molecule has 1 aliphatic rings. The van der Waals surface area contributed by atoms with E-state index in [1.165, 1.54) is 22.2 Å². The van der Waals surface area contributed by atoms with Gasteiger partial charge >= 0.3 is 0 Å². The Kier molecular flexibility index (Phi) is 6.50. The summed E-state index contributed by atoms with van der Waals surface area (Å²) in [5.41, 5.74) is 1.79. The van der Waals surface area contributed by atoms with Gasteiger partial charge in [-0.05, 0) is 44.4 Å². The average molecular weight is 455 g/mol. The van der Waals surface area contributed by atoms with Crippen molar-refractivity contribution in [2.75, 3.05) is 29.9 Å². The van der Waals surface area contributed by atoms with E-state index < -0.39 is 0 Å². The molecule has 10 heteroatoms. The predicted octanol–water partition coefficient (Wildman–Crippen LogP) is 2.15. The smallest absolute Gasteiger partial charge is 0.273 e. The number of carbonyl (C=O) groups excluding carboxylic acids is 2. The van der Waals surface area contributed by atoms with Crippen LogP contribution in [-0.2, 0) is 16.1 Å². The summed E-state index contributed by atoms with van der Waals surface area (Å²) in [6.07, 6.45) is 3.08. The van der Waals surface area contributed by atoms with Crippen LogP contribution in [0.5, 0.6) is 0 Å². The van der Waals surface area contributed by atoms with Gasteiger partial charge < -0.3 is 15.5 Å². The Hall–Kier alpha value is -3.27. The summed E-state index contributed by atoms with van der Waals surface area (Å²) in [5.74, 6) is -0.339. The lowest BCUT2D eigenvalue weighted by molar-refractivity contribution is -0.125. The number of anilines is 2. The van der Waals surface area contributed by atoms with Gasteiger partial charge in [0.1, 0.15) is 17.6 Å². The number of aromatic nitrogens is 3. The van der Waals surface area contributed by atoms with Crippen LogP contribution in [0.1, 0.15) is 25.3 Å². The molecule has 0 spiro atoms. The molecule has 0 radical (unpaired) electrons. The highest BCUT2D eigenvalue weighted by molar-refractivity contribution is 7.22. The maximum atomic E-state index is 13.0. The molecular weight excluding hydrogens is 428 g/mol. The Balaban J connectivity index is 1.50. The number of amides is 2. The van der Waals surface area contributed by atoms with Gasteiger partial charge in [-0.1, -0.05) is 23.5 Å². The van der Waals surface area contributed by atoms with Crippen molar-refractivity contribution >= 4 is 44.3 Å². The molecule has 1 fully saturated rings. The fourth-order valence-corrected chi connectivity index (χ4v) is 4.85. The number of carbonyl (C=O) groups is 2. The first-order chi connectivity index (χ1) is 15.4. The number of nitrogens with zero attached hydrogens (tertiary/aromatic N) is 4. The summed E-state index contributed by atoms with van der Waals surface area (Å²) in [7, 11) is 0. The van der Waals surface area contributed by atoms with Crippen LogP contribution in [0.2, 0.25) is 0 Å². The van der Waals surface area contributed by atoms with Crippen molar-refractivity contribution in [2.45, 2.75) is 33.2 Å². The third-order valence-corrected chi connectivity index (χ3v) is 6.50. The molecule has 32 heavy (non-hydrogen) atoms. The van der Waals surface area contributed by atoms with Crippen LogP contribution < -0.4 is 21.1 Å². The van der Waals surface area contributed by atoms with Crippen LogP contribution in [-0.4, -0.2) is 46.0 Å². The molecule has 1 atom stereocenters. The zero-order chi connectivity index (χ0) is 22.7. The number of hydrogen-bond acceptors (Lipinski definition) is 7. The average Bonchev–Trinajstić information content (AvgIpc) is 3.21. The number of benzene rings is 1. The Labute approximate surface area is 189 Å². The van der Waals surface area contributed by atoms with E-state index in [0.29, 0.717) is 34.3 Å². The van der Waals surface area contributed by atoms with Crippen molar-refractivity contribution in [1.29, 1.82) is 0 Å². The van der Waals surface area contributed by atoms with E-state index >= 15 is 0 Å². The standard InChI is InChI=1S/C22H26N6O3S/c1-3-23-20(30)15-7-5-9-27(11-15)22-26-19-18(32-22)21(31)28(13-24-19)12-17(29)25-16-8-4-6-14(2)10-16/h4,6,8,10,13,15H,3,5,7,9,11-12H2,1-2H3,(H,23,30)(H,25,29)/t15-/m1/s1. The van der Waals surface area contributed by atoms with Crippen LogP contribution >= 0.6 is 11.3 Å². The van der Waals surface area contributed by atoms with E-state index in [2.05, 4.69) is 20.6 Å². The van der Waals surface area contributed by atoms with E-state index in [1.54, 1.807) is 6.07 Å². The molecule has 4 rings (SSSR count). The molecule has 0 unspecified atom stereocenters. The van der Waals surface area contributed by atoms with E-state index in [1.807, 2.05) is 36.9 Å². The third-order valence-electron chi connectivity index (χ3n) is 5.40. The van der Waals surface area contributed by atoms with Gasteiger partial charge in [-0.3, -0.25) is 19.0 Å².